The van der Waals surface area contributed by atoms with Crippen LogP contribution in [0.5, 0.6) is 0 Å². The fourth-order valence-electron chi connectivity index (χ4n) is 2.17. The van der Waals surface area contributed by atoms with Crippen LogP contribution in [0.25, 0.3) is 0 Å². The second kappa shape index (κ2) is 5.93. The molecule has 1 atom stereocenters. The number of unbranched alkanes of at least 4 members (excludes halogenated alkanes) is 1. The van der Waals surface area contributed by atoms with Gasteiger partial charge in [-0.15, -0.1) is 0 Å². The number of hydrogen-bond acceptors (Lipinski definition) is 0. The Hall–Kier alpha value is -0.0562. The van der Waals surface area contributed by atoms with E-state index in [2.05, 4.69) is 58.2 Å². The van der Waals surface area contributed by atoms with E-state index in [0.717, 1.165) is 0 Å². The fraction of sp³-hybridized carbons (Fsp3) is 0.600. The molecule has 1 aromatic carbocycles. The molecular formula is C15H27ClSi2. The maximum Gasteiger partial charge on any atom is 0.183 e. The Balaban J connectivity index is 3.13. The zero-order valence-corrected chi connectivity index (χ0v) is 15.5. The highest BCUT2D eigenvalue weighted by atomic mass is 35.6. The lowest BCUT2D eigenvalue weighted by atomic mass is 10.2. The number of halogens is 1. The van der Waals surface area contributed by atoms with Crippen LogP contribution in [-0.2, 0) is 0 Å². The molecule has 3 heteroatoms. The van der Waals surface area contributed by atoms with Crippen LogP contribution >= 0.6 is 11.1 Å². The second-order valence-corrected chi connectivity index (χ2v) is 17.7. The van der Waals surface area contributed by atoms with Gasteiger partial charge in [-0.05, 0) is 18.2 Å². The Morgan fingerprint density at radius 2 is 1.56 bits per heavy atom. The third-order valence-corrected chi connectivity index (χ3v) is 9.57. The Morgan fingerprint density at radius 3 is 2.06 bits per heavy atom. The Labute approximate surface area is 119 Å². The van der Waals surface area contributed by atoms with Crippen molar-refractivity contribution in [2.45, 2.75) is 58.9 Å². The van der Waals surface area contributed by atoms with E-state index < -0.39 is 15.5 Å². The highest BCUT2D eigenvalue weighted by molar-refractivity contribution is 7.26. The van der Waals surface area contributed by atoms with E-state index in [-0.39, 0.29) is 0 Å². The highest BCUT2D eigenvalue weighted by Gasteiger charge is 2.28. The molecule has 1 rings (SSSR count). The van der Waals surface area contributed by atoms with Crippen LogP contribution in [0.4, 0.5) is 0 Å². The van der Waals surface area contributed by atoms with E-state index in [9.17, 15) is 0 Å². The Kier molecular flexibility index (Phi) is 5.27. The van der Waals surface area contributed by atoms with Gasteiger partial charge in [-0.3, -0.25) is 0 Å². The molecule has 0 saturated heterocycles. The first-order valence-electron chi connectivity index (χ1n) is 6.98. The third-order valence-electron chi connectivity index (χ3n) is 3.55. The summed E-state index contributed by atoms with van der Waals surface area (Å²) in [6, 6.07) is 8.28. The van der Waals surface area contributed by atoms with Crippen LogP contribution in [0.1, 0.15) is 25.3 Å². The van der Waals surface area contributed by atoms with Crippen LogP contribution < -0.4 is 10.4 Å². The van der Waals surface area contributed by atoms with Crippen LogP contribution in [-0.4, -0.2) is 15.5 Å². The quantitative estimate of drug-likeness (QED) is 0.560. The first kappa shape index (κ1) is 16.0. The number of hydrogen-bond donors (Lipinski definition) is 0. The molecule has 18 heavy (non-hydrogen) atoms. The van der Waals surface area contributed by atoms with E-state index in [0.29, 0.717) is 0 Å². The van der Waals surface area contributed by atoms with Crippen molar-refractivity contribution in [1.82, 2.24) is 0 Å². The highest BCUT2D eigenvalue weighted by Crippen LogP contribution is 2.19. The van der Waals surface area contributed by atoms with E-state index in [1.807, 2.05) is 0 Å². The van der Waals surface area contributed by atoms with Crippen molar-refractivity contribution in [2.75, 3.05) is 0 Å². The van der Waals surface area contributed by atoms with Crippen molar-refractivity contribution in [3.63, 3.8) is 0 Å². The van der Waals surface area contributed by atoms with Crippen molar-refractivity contribution in [2.24, 2.45) is 0 Å². The predicted octanol–water partition coefficient (Wildman–Crippen LogP) is 4.36. The van der Waals surface area contributed by atoms with Gasteiger partial charge in [0.05, 0.1) is 8.07 Å². The molecule has 0 aliphatic heterocycles. The Morgan fingerprint density at radius 1 is 1.00 bits per heavy atom. The molecule has 0 bridgehead atoms. The van der Waals surface area contributed by atoms with Crippen molar-refractivity contribution >= 4 is 36.9 Å². The zero-order valence-electron chi connectivity index (χ0n) is 12.7. The maximum absolute atomic E-state index is 6.89. The summed E-state index contributed by atoms with van der Waals surface area (Å²) in [6.07, 6.45) is 2.49. The lowest BCUT2D eigenvalue weighted by molar-refractivity contribution is 0.874. The lowest BCUT2D eigenvalue weighted by Crippen LogP contribution is -2.45. The van der Waals surface area contributed by atoms with Crippen molar-refractivity contribution in [3.05, 3.63) is 23.8 Å². The van der Waals surface area contributed by atoms with Crippen molar-refractivity contribution in [3.8, 4) is 0 Å². The summed E-state index contributed by atoms with van der Waals surface area (Å²) < 4.78 is 0. The maximum atomic E-state index is 6.89. The fourth-order valence-corrected chi connectivity index (χ4v) is 6.58. The van der Waals surface area contributed by atoms with Crippen LogP contribution in [0.15, 0.2) is 18.2 Å². The first-order chi connectivity index (χ1) is 8.16. The minimum absolute atomic E-state index is 1.19. The predicted molar refractivity (Wildman–Crippen MR) is 91.0 cm³/mol. The lowest BCUT2D eigenvalue weighted by Gasteiger charge is -2.24. The molecule has 1 unspecified atom stereocenters. The summed E-state index contributed by atoms with van der Waals surface area (Å²) in [5, 5.41) is 2.99. The van der Waals surface area contributed by atoms with Gasteiger partial charge in [-0.1, -0.05) is 74.9 Å². The van der Waals surface area contributed by atoms with Crippen LogP contribution in [0, 0.1) is 6.92 Å². The largest absolute Gasteiger partial charge is 0.183 e. The molecule has 0 saturated carbocycles. The molecular weight excluding hydrogens is 272 g/mol. The molecule has 1 aromatic rings. The third kappa shape index (κ3) is 4.25. The average Bonchev–Trinajstić information content (AvgIpc) is 2.24. The SMILES string of the molecule is CCCC[Si](C)(Cl)c1cc(C)cc([Si](C)(C)C)c1. The van der Waals surface area contributed by atoms with E-state index in [4.69, 9.17) is 11.1 Å². The molecule has 0 aliphatic carbocycles. The monoisotopic (exact) mass is 298 g/mol. The number of benzene rings is 1. The minimum Gasteiger partial charge on any atom is -0.161 e. The summed E-state index contributed by atoms with van der Waals surface area (Å²) in [5.74, 6) is 0. The molecule has 0 heterocycles. The molecule has 0 radical (unpaired) electrons. The number of rotatable bonds is 5. The summed E-state index contributed by atoms with van der Waals surface area (Å²) >= 11 is 6.89. The topological polar surface area (TPSA) is 0 Å². The van der Waals surface area contributed by atoms with Gasteiger partial charge in [-0.25, -0.2) is 0 Å². The molecule has 0 nitrogen and oxygen atoms in total. The Bertz CT molecular complexity index is 405. The molecule has 102 valence electrons. The first-order valence-corrected chi connectivity index (χ1v) is 14.2. The van der Waals surface area contributed by atoms with Gasteiger partial charge in [0, 0.05) is 0 Å². The van der Waals surface area contributed by atoms with E-state index >= 15 is 0 Å². The van der Waals surface area contributed by atoms with Gasteiger partial charge < -0.3 is 0 Å². The van der Waals surface area contributed by atoms with Crippen LogP contribution in [0.3, 0.4) is 0 Å². The van der Waals surface area contributed by atoms with Gasteiger partial charge >= 0.3 is 0 Å². The molecule has 0 spiro atoms. The summed E-state index contributed by atoms with van der Waals surface area (Å²) in [6.45, 7) is 14.0. The summed E-state index contributed by atoms with van der Waals surface area (Å²) in [7, 11) is -2.99. The van der Waals surface area contributed by atoms with E-state index in [1.165, 1.54) is 29.6 Å². The zero-order chi connectivity index (χ0) is 14.0. The second-order valence-electron chi connectivity index (χ2n) is 6.64. The minimum atomic E-state index is -1.75. The molecule has 0 aromatic heterocycles. The summed E-state index contributed by atoms with van der Waals surface area (Å²) in [4.78, 5) is 0. The normalized spacial score (nSPS) is 15.5. The standard InChI is InChI=1S/C15H27ClSi2/c1-7-8-9-18(6,16)15-11-13(2)10-14(12-15)17(3,4)5/h10-12H,7-9H2,1-6H3. The summed E-state index contributed by atoms with van der Waals surface area (Å²) in [5.41, 5.74) is 1.38. The molecule has 0 N–H and O–H groups in total. The number of aryl methyl sites for hydroxylation is 1. The van der Waals surface area contributed by atoms with Gasteiger partial charge in [-0.2, -0.15) is 11.1 Å². The van der Waals surface area contributed by atoms with E-state index in [1.54, 1.807) is 5.19 Å². The molecule has 0 fully saturated rings. The van der Waals surface area contributed by atoms with Crippen molar-refractivity contribution in [1.29, 1.82) is 0 Å². The van der Waals surface area contributed by atoms with Gasteiger partial charge in [0.15, 0.2) is 7.38 Å². The van der Waals surface area contributed by atoms with Gasteiger partial charge in [0.25, 0.3) is 0 Å². The smallest absolute Gasteiger partial charge is 0.161 e. The van der Waals surface area contributed by atoms with Crippen molar-refractivity contribution < 1.29 is 0 Å². The average molecular weight is 299 g/mol. The van der Waals surface area contributed by atoms with Gasteiger partial charge in [0.2, 0.25) is 0 Å². The van der Waals surface area contributed by atoms with Gasteiger partial charge in [0.1, 0.15) is 0 Å². The molecule has 0 aliphatic rings. The van der Waals surface area contributed by atoms with Crippen LogP contribution in [0.2, 0.25) is 32.2 Å². The molecule has 0 amide bonds.